The Bertz CT molecular complexity index is 2030. The van der Waals surface area contributed by atoms with E-state index in [1.165, 1.54) is 39.1 Å². The summed E-state index contributed by atoms with van der Waals surface area (Å²) in [5, 5.41) is 17.1. The van der Waals surface area contributed by atoms with Crippen molar-refractivity contribution < 1.29 is 5.11 Å². The van der Waals surface area contributed by atoms with E-state index in [0.717, 1.165) is 38.9 Å². The van der Waals surface area contributed by atoms with Gasteiger partial charge in [-0.15, -0.1) is 0 Å². The minimum absolute atomic E-state index is 0.310. The first kappa shape index (κ1) is 29.8. The van der Waals surface area contributed by atoms with Crippen LogP contribution in [0.1, 0.15) is 85.5 Å². The van der Waals surface area contributed by atoms with Gasteiger partial charge >= 0.3 is 0 Å². The van der Waals surface area contributed by atoms with Crippen LogP contribution in [-0.4, -0.2) is 10.1 Å². The van der Waals surface area contributed by atoms with Crippen molar-refractivity contribution in [2.24, 2.45) is 0 Å². The number of fused-ring (bicyclic) bond motifs is 4. The number of para-hydroxylation sites is 2. The van der Waals surface area contributed by atoms with Crippen molar-refractivity contribution in [2.75, 3.05) is 5.32 Å². The van der Waals surface area contributed by atoms with Crippen molar-refractivity contribution in [3.05, 3.63) is 148 Å². The van der Waals surface area contributed by atoms with Gasteiger partial charge < -0.3 is 10.4 Å². The molecule has 0 fully saturated rings. The molecule has 3 heteroatoms. The summed E-state index contributed by atoms with van der Waals surface area (Å²) in [5.41, 5.74) is 13.9. The Balaban J connectivity index is 1.34. The van der Waals surface area contributed by atoms with Gasteiger partial charge in [0, 0.05) is 33.2 Å². The highest BCUT2D eigenvalue weighted by molar-refractivity contribution is 5.96. The van der Waals surface area contributed by atoms with Crippen molar-refractivity contribution in [1.82, 2.24) is 4.98 Å². The maximum atomic E-state index is 12.2. The highest BCUT2D eigenvalue weighted by Crippen LogP contribution is 2.55. The van der Waals surface area contributed by atoms with Crippen LogP contribution in [0.3, 0.4) is 0 Å². The lowest BCUT2D eigenvalue weighted by Gasteiger charge is -2.30. The number of phenolic OH excluding ortho intramolecular Hbond substituents is 1. The van der Waals surface area contributed by atoms with E-state index in [-0.39, 0.29) is 0 Å². The number of hydrogen-bond donors (Lipinski definition) is 2. The molecule has 1 aliphatic carbocycles. The molecule has 3 nitrogen and oxygen atoms in total. The van der Waals surface area contributed by atoms with Gasteiger partial charge in [-0.2, -0.15) is 0 Å². The standard InChI is InChI=1S/C43H42N2O/c1-26(2)31-16-12-17-32(27(3)4)41(31)44-25-30-22-21-29-13-11-18-35(40(29)45-30)36-23-28(5)24-39(42(36)46)43(6)37-19-9-7-14-33(37)34-15-8-10-20-38(34)43/h7-24,26-27,44,46H,25H2,1-6H3. The van der Waals surface area contributed by atoms with E-state index in [1.807, 2.05) is 0 Å². The molecule has 0 saturated carbocycles. The molecule has 0 bridgehead atoms. The zero-order valence-corrected chi connectivity index (χ0v) is 27.6. The fraction of sp³-hybridized carbons (Fsp3) is 0.233. The van der Waals surface area contributed by atoms with Gasteiger partial charge in [0.25, 0.3) is 0 Å². The van der Waals surface area contributed by atoms with E-state index in [2.05, 4.69) is 156 Å². The molecule has 1 aromatic heterocycles. The highest BCUT2D eigenvalue weighted by Gasteiger charge is 2.42. The van der Waals surface area contributed by atoms with Crippen molar-refractivity contribution >= 4 is 16.6 Å². The lowest BCUT2D eigenvalue weighted by atomic mass is 9.72. The molecule has 0 amide bonds. The molecule has 0 aliphatic heterocycles. The van der Waals surface area contributed by atoms with Gasteiger partial charge in [0.2, 0.25) is 0 Å². The number of rotatable bonds is 7. The first-order valence-corrected chi connectivity index (χ1v) is 16.5. The third-order valence-corrected chi connectivity index (χ3v) is 9.90. The van der Waals surface area contributed by atoms with Gasteiger partial charge in [-0.25, -0.2) is 0 Å². The molecule has 2 N–H and O–H groups in total. The Hall–Kier alpha value is -4.89. The largest absolute Gasteiger partial charge is 0.507 e. The Kier molecular flexibility index (Phi) is 7.44. The van der Waals surface area contributed by atoms with Crippen LogP contribution in [0.5, 0.6) is 5.75 Å². The van der Waals surface area contributed by atoms with E-state index in [1.54, 1.807) is 0 Å². The minimum atomic E-state index is -0.497. The van der Waals surface area contributed by atoms with Gasteiger partial charge in [0.15, 0.2) is 0 Å². The van der Waals surface area contributed by atoms with Gasteiger partial charge in [-0.05, 0) is 76.8 Å². The summed E-state index contributed by atoms with van der Waals surface area (Å²) >= 11 is 0. The summed E-state index contributed by atoms with van der Waals surface area (Å²) in [6.07, 6.45) is 0. The number of nitrogens with one attached hydrogen (secondary N) is 1. The van der Waals surface area contributed by atoms with Crippen LogP contribution in [0.15, 0.2) is 109 Å². The van der Waals surface area contributed by atoms with Crippen LogP contribution in [0.25, 0.3) is 33.2 Å². The van der Waals surface area contributed by atoms with E-state index >= 15 is 0 Å². The molecule has 6 aromatic rings. The van der Waals surface area contributed by atoms with Crippen molar-refractivity contribution in [3.63, 3.8) is 0 Å². The molecule has 7 rings (SSSR count). The molecule has 5 aromatic carbocycles. The molecule has 0 atom stereocenters. The Morgan fingerprint density at radius 2 is 1.24 bits per heavy atom. The number of aryl methyl sites for hydroxylation is 1. The van der Waals surface area contributed by atoms with Crippen molar-refractivity contribution in [2.45, 2.75) is 65.3 Å². The topological polar surface area (TPSA) is 45.2 Å². The van der Waals surface area contributed by atoms with E-state index in [4.69, 9.17) is 4.98 Å². The molecular weight excluding hydrogens is 560 g/mol. The average Bonchev–Trinajstić information content (AvgIpc) is 3.33. The monoisotopic (exact) mass is 602 g/mol. The van der Waals surface area contributed by atoms with E-state index in [0.29, 0.717) is 24.1 Å². The predicted molar refractivity (Wildman–Crippen MR) is 193 cm³/mol. The second kappa shape index (κ2) is 11.5. The lowest BCUT2D eigenvalue weighted by molar-refractivity contribution is 0.460. The number of benzene rings is 5. The Labute approximate surface area is 273 Å². The van der Waals surface area contributed by atoms with Crippen LogP contribution < -0.4 is 5.32 Å². The number of phenols is 1. The average molecular weight is 603 g/mol. The summed E-state index contributed by atoms with van der Waals surface area (Å²) in [5.74, 6) is 1.14. The molecular formula is C43H42N2O. The number of nitrogens with zero attached hydrogens (tertiary/aromatic N) is 1. The van der Waals surface area contributed by atoms with Gasteiger partial charge in [-0.1, -0.05) is 125 Å². The lowest BCUT2D eigenvalue weighted by Crippen LogP contribution is -2.23. The Morgan fingerprint density at radius 1 is 0.652 bits per heavy atom. The molecule has 0 saturated heterocycles. The first-order valence-electron chi connectivity index (χ1n) is 16.5. The zero-order valence-electron chi connectivity index (χ0n) is 27.6. The molecule has 230 valence electrons. The van der Waals surface area contributed by atoms with Gasteiger partial charge in [-0.3, -0.25) is 4.98 Å². The van der Waals surface area contributed by atoms with Crippen LogP contribution in [0, 0.1) is 6.92 Å². The summed E-state index contributed by atoms with van der Waals surface area (Å²) in [7, 11) is 0. The fourth-order valence-corrected chi connectivity index (χ4v) is 7.55. The smallest absolute Gasteiger partial charge is 0.127 e. The third kappa shape index (κ3) is 4.77. The molecule has 1 heterocycles. The van der Waals surface area contributed by atoms with Gasteiger partial charge in [0.1, 0.15) is 5.75 Å². The minimum Gasteiger partial charge on any atom is -0.507 e. The van der Waals surface area contributed by atoms with Crippen LogP contribution >= 0.6 is 0 Å². The molecule has 0 spiro atoms. The predicted octanol–water partition coefficient (Wildman–Crippen LogP) is 11.1. The summed E-state index contributed by atoms with van der Waals surface area (Å²) in [6, 6.07) is 38.6. The highest BCUT2D eigenvalue weighted by atomic mass is 16.3. The zero-order chi connectivity index (χ0) is 32.2. The second-order valence-corrected chi connectivity index (χ2v) is 13.6. The SMILES string of the molecule is Cc1cc(-c2cccc3ccc(CNc4c(C(C)C)cccc4C(C)C)nc23)c(O)c(C2(C)c3ccccc3-c3ccccc32)c1. The Morgan fingerprint density at radius 3 is 1.87 bits per heavy atom. The van der Waals surface area contributed by atoms with E-state index in [9.17, 15) is 5.11 Å². The third-order valence-electron chi connectivity index (χ3n) is 9.90. The maximum absolute atomic E-state index is 12.2. The van der Waals surface area contributed by atoms with Crippen molar-refractivity contribution in [1.29, 1.82) is 0 Å². The maximum Gasteiger partial charge on any atom is 0.127 e. The van der Waals surface area contributed by atoms with Gasteiger partial charge in [0.05, 0.1) is 17.8 Å². The summed E-state index contributed by atoms with van der Waals surface area (Å²) in [6.45, 7) is 14.0. The quantitative estimate of drug-likeness (QED) is 0.191. The normalized spacial score (nSPS) is 13.3. The van der Waals surface area contributed by atoms with Crippen LogP contribution in [0.2, 0.25) is 0 Å². The fourth-order valence-electron chi connectivity index (χ4n) is 7.55. The number of aromatic nitrogens is 1. The van der Waals surface area contributed by atoms with E-state index < -0.39 is 5.41 Å². The molecule has 0 radical (unpaired) electrons. The second-order valence-electron chi connectivity index (χ2n) is 13.6. The molecule has 46 heavy (non-hydrogen) atoms. The number of pyridine rings is 1. The molecule has 0 unspecified atom stereocenters. The van der Waals surface area contributed by atoms with Crippen LogP contribution in [0.4, 0.5) is 5.69 Å². The molecule has 1 aliphatic rings. The van der Waals surface area contributed by atoms with Crippen molar-refractivity contribution in [3.8, 4) is 28.0 Å². The summed E-state index contributed by atoms with van der Waals surface area (Å²) < 4.78 is 0. The number of hydrogen-bond acceptors (Lipinski definition) is 3. The number of anilines is 1. The summed E-state index contributed by atoms with van der Waals surface area (Å²) in [4.78, 5) is 5.23. The first-order chi connectivity index (χ1) is 22.2. The van der Waals surface area contributed by atoms with Crippen LogP contribution in [-0.2, 0) is 12.0 Å². The number of aromatic hydroxyl groups is 1.